The molecule has 1 saturated heterocycles. The van der Waals surface area contributed by atoms with Crippen molar-refractivity contribution in [2.75, 3.05) is 13.2 Å². The highest BCUT2D eigenvalue weighted by atomic mass is 16.5. The monoisotopic (exact) mass is 208 g/mol. The van der Waals surface area contributed by atoms with Crippen LogP contribution in [0.2, 0.25) is 0 Å². The Labute approximate surface area is 88.9 Å². The number of hydrogen-bond acceptors (Lipinski definition) is 3. The summed E-state index contributed by atoms with van der Waals surface area (Å²) in [5.41, 5.74) is 1.15. The Bertz CT molecular complexity index is 346. The Morgan fingerprint density at radius 2 is 2.33 bits per heavy atom. The normalized spacial score (nSPS) is 31.0. The standard InChI is InChI=1S/C11H16N2O2/c14-6-8-3-4-15-11(8)10-5-12-7-13(10)9-1-2-9/h5,7-9,11,14H,1-4,6H2. The summed E-state index contributed by atoms with van der Waals surface area (Å²) in [6.45, 7) is 0.965. The Hall–Kier alpha value is -0.870. The molecule has 2 aliphatic rings. The van der Waals surface area contributed by atoms with E-state index in [2.05, 4.69) is 9.55 Å². The van der Waals surface area contributed by atoms with Gasteiger partial charge in [-0.05, 0) is 19.3 Å². The third-order valence-electron chi connectivity index (χ3n) is 3.38. The minimum Gasteiger partial charge on any atom is -0.396 e. The van der Waals surface area contributed by atoms with Crippen LogP contribution in [0.4, 0.5) is 0 Å². The van der Waals surface area contributed by atoms with E-state index in [1.54, 1.807) is 0 Å². The van der Waals surface area contributed by atoms with Crippen molar-refractivity contribution in [3.05, 3.63) is 18.2 Å². The van der Waals surface area contributed by atoms with Gasteiger partial charge in [-0.2, -0.15) is 0 Å². The average Bonchev–Trinajstić information content (AvgIpc) is 2.83. The van der Waals surface area contributed by atoms with Crippen LogP contribution in [0.5, 0.6) is 0 Å². The molecule has 3 rings (SSSR count). The molecule has 1 N–H and O–H groups in total. The third-order valence-corrected chi connectivity index (χ3v) is 3.38. The molecule has 1 aliphatic heterocycles. The second-order valence-corrected chi connectivity index (χ2v) is 4.48. The van der Waals surface area contributed by atoms with Crippen LogP contribution >= 0.6 is 0 Å². The van der Waals surface area contributed by atoms with Crippen molar-refractivity contribution >= 4 is 0 Å². The van der Waals surface area contributed by atoms with Crippen LogP contribution in [0, 0.1) is 5.92 Å². The molecule has 15 heavy (non-hydrogen) atoms. The highest BCUT2D eigenvalue weighted by Gasteiger charge is 2.34. The zero-order valence-corrected chi connectivity index (χ0v) is 8.67. The molecular formula is C11H16N2O2. The van der Waals surface area contributed by atoms with E-state index < -0.39 is 0 Å². The van der Waals surface area contributed by atoms with Gasteiger partial charge in [-0.15, -0.1) is 0 Å². The van der Waals surface area contributed by atoms with Crippen molar-refractivity contribution in [3.63, 3.8) is 0 Å². The molecule has 2 atom stereocenters. The fraction of sp³-hybridized carbons (Fsp3) is 0.727. The highest BCUT2D eigenvalue weighted by molar-refractivity contribution is 5.09. The van der Waals surface area contributed by atoms with Gasteiger partial charge in [0.05, 0.1) is 18.2 Å². The van der Waals surface area contributed by atoms with Crippen molar-refractivity contribution in [2.45, 2.75) is 31.4 Å². The van der Waals surface area contributed by atoms with Crippen molar-refractivity contribution < 1.29 is 9.84 Å². The summed E-state index contributed by atoms with van der Waals surface area (Å²) in [6, 6.07) is 0.631. The fourth-order valence-electron chi connectivity index (χ4n) is 2.34. The van der Waals surface area contributed by atoms with Crippen molar-refractivity contribution in [3.8, 4) is 0 Å². The Kier molecular flexibility index (Phi) is 2.25. The summed E-state index contributed by atoms with van der Waals surface area (Å²) in [7, 11) is 0. The molecule has 2 heterocycles. The molecule has 1 saturated carbocycles. The average molecular weight is 208 g/mol. The quantitative estimate of drug-likeness (QED) is 0.814. The van der Waals surface area contributed by atoms with Gasteiger partial charge < -0.3 is 14.4 Å². The van der Waals surface area contributed by atoms with E-state index in [1.165, 1.54) is 12.8 Å². The molecule has 1 aromatic rings. The van der Waals surface area contributed by atoms with Gasteiger partial charge in [-0.1, -0.05) is 0 Å². The second kappa shape index (κ2) is 3.61. The van der Waals surface area contributed by atoms with Crippen LogP contribution in [0.3, 0.4) is 0 Å². The van der Waals surface area contributed by atoms with Gasteiger partial charge >= 0.3 is 0 Å². The summed E-state index contributed by atoms with van der Waals surface area (Å²) in [4.78, 5) is 4.20. The van der Waals surface area contributed by atoms with Crippen molar-refractivity contribution in [1.82, 2.24) is 9.55 Å². The molecule has 2 fully saturated rings. The number of aromatic nitrogens is 2. The predicted octanol–water partition coefficient (Wildman–Crippen LogP) is 1.29. The van der Waals surface area contributed by atoms with E-state index in [0.29, 0.717) is 6.04 Å². The minimum atomic E-state index is 0.0538. The van der Waals surface area contributed by atoms with Crippen molar-refractivity contribution in [2.24, 2.45) is 5.92 Å². The Morgan fingerprint density at radius 1 is 1.47 bits per heavy atom. The van der Waals surface area contributed by atoms with Gasteiger partial charge in [0.1, 0.15) is 6.10 Å². The number of rotatable bonds is 3. The minimum absolute atomic E-state index is 0.0538. The third kappa shape index (κ3) is 1.58. The molecule has 0 amide bonds. The summed E-state index contributed by atoms with van der Waals surface area (Å²) >= 11 is 0. The maximum absolute atomic E-state index is 9.27. The summed E-state index contributed by atoms with van der Waals surface area (Å²) in [5.74, 6) is 0.249. The lowest BCUT2D eigenvalue weighted by Crippen LogP contribution is -2.15. The largest absolute Gasteiger partial charge is 0.396 e. The van der Waals surface area contributed by atoms with Crippen LogP contribution in [-0.4, -0.2) is 27.9 Å². The molecule has 0 bridgehead atoms. The molecule has 1 aliphatic carbocycles. The number of aliphatic hydroxyl groups excluding tert-OH is 1. The summed E-state index contributed by atoms with van der Waals surface area (Å²) in [5, 5.41) is 9.27. The van der Waals surface area contributed by atoms with Gasteiger partial charge in [-0.3, -0.25) is 0 Å². The SMILES string of the molecule is OCC1CCOC1c1cncn1C1CC1. The first-order chi connectivity index (χ1) is 7.40. The van der Waals surface area contributed by atoms with Gasteiger partial charge in [0.25, 0.3) is 0 Å². The molecule has 0 spiro atoms. The highest BCUT2D eigenvalue weighted by Crippen LogP contribution is 2.40. The molecule has 4 nitrogen and oxygen atoms in total. The molecule has 0 aromatic carbocycles. The molecule has 2 unspecified atom stereocenters. The number of aliphatic hydroxyl groups is 1. The van der Waals surface area contributed by atoms with E-state index in [-0.39, 0.29) is 18.6 Å². The lowest BCUT2D eigenvalue weighted by Gasteiger charge is -2.18. The van der Waals surface area contributed by atoms with Crippen LogP contribution in [-0.2, 0) is 4.74 Å². The predicted molar refractivity (Wildman–Crippen MR) is 54.4 cm³/mol. The van der Waals surface area contributed by atoms with Crippen LogP contribution in [0.25, 0.3) is 0 Å². The summed E-state index contributed by atoms with van der Waals surface area (Å²) < 4.78 is 7.92. The number of ether oxygens (including phenoxy) is 1. The van der Waals surface area contributed by atoms with E-state index in [4.69, 9.17) is 4.74 Å². The molecule has 82 valence electrons. The maximum Gasteiger partial charge on any atom is 0.104 e. The zero-order valence-electron chi connectivity index (χ0n) is 8.67. The summed E-state index contributed by atoms with van der Waals surface area (Å²) in [6.07, 6.45) is 7.29. The topological polar surface area (TPSA) is 47.3 Å². The fourth-order valence-corrected chi connectivity index (χ4v) is 2.34. The van der Waals surface area contributed by atoms with Gasteiger partial charge in [0.15, 0.2) is 0 Å². The van der Waals surface area contributed by atoms with Crippen LogP contribution in [0.1, 0.15) is 37.1 Å². The number of hydrogen-bond donors (Lipinski definition) is 1. The van der Waals surface area contributed by atoms with Crippen LogP contribution < -0.4 is 0 Å². The van der Waals surface area contributed by atoms with Crippen molar-refractivity contribution in [1.29, 1.82) is 0 Å². The zero-order chi connectivity index (χ0) is 10.3. The second-order valence-electron chi connectivity index (χ2n) is 4.48. The van der Waals surface area contributed by atoms with Gasteiger partial charge in [0, 0.05) is 25.2 Å². The lowest BCUT2D eigenvalue weighted by molar-refractivity contribution is 0.0660. The van der Waals surface area contributed by atoms with E-state index in [9.17, 15) is 5.11 Å². The van der Waals surface area contributed by atoms with E-state index in [1.807, 2.05) is 12.5 Å². The Balaban J connectivity index is 1.87. The number of nitrogens with zero attached hydrogens (tertiary/aromatic N) is 2. The first-order valence-electron chi connectivity index (χ1n) is 5.64. The first kappa shape index (κ1) is 9.36. The van der Waals surface area contributed by atoms with Crippen LogP contribution in [0.15, 0.2) is 12.5 Å². The lowest BCUT2D eigenvalue weighted by atomic mass is 10.0. The molecule has 0 radical (unpaired) electrons. The van der Waals surface area contributed by atoms with Gasteiger partial charge in [-0.25, -0.2) is 4.98 Å². The van der Waals surface area contributed by atoms with E-state index >= 15 is 0 Å². The smallest absolute Gasteiger partial charge is 0.104 e. The van der Waals surface area contributed by atoms with E-state index in [0.717, 1.165) is 18.7 Å². The maximum atomic E-state index is 9.27. The molecular weight excluding hydrogens is 192 g/mol. The first-order valence-corrected chi connectivity index (χ1v) is 5.64. The Morgan fingerprint density at radius 3 is 3.07 bits per heavy atom. The van der Waals surface area contributed by atoms with Gasteiger partial charge in [0.2, 0.25) is 0 Å². The number of imidazole rings is 1. The molecule has 4 heteroatoms. The molecule has 1 aromatic heterocycles.